The fraction of sp³-hybridized carbons (Fsp3) is 0.350. The number of thioether (sulfide) groups is 1. The molecule has 0 fully saturated rings. The fourth-order valence-electron chi connectivity index (χ4n) is 2.91. The highest BCUT2D eigenvalue weighted by molar-refractivity contribution is 7.99. The molecule has 1 aliphatic rings. The molecule has 0 unspecified atom stereocenters. The number of aryl methyl sites for hydroxylation is 2. The van der Waals surface area contributed by atoms with Crippen LogP contribution in [0.15, 0.2) is 35.2 Å². The Hall–Kier alpha value is -1.85. The maximum absolute atomic E-state index is 14.5. The first kappa shape index (κ1) is 18.0. The van der Waals surface area contributed by atoms with Gasteiger partial charge in [0.1, 0.15) is 5.82 Å². The van der Waals surface area contributed by atoms with Gasteiger partial charge in [0.2, 0.25) is 5.91 Å². The number of anilines is 1. The number of amides is 1. The Morgan fingerprint density at radius 1 is 1.24 bits per heavy atom. The van der Waals surface area contributed by atoms with Crippen LogP contribution >= 0.6 is 11.8 Å². The third-order valence-electron chi connectivity index (χ3n) is 4.56. The van der Waals surface area contributed by atoms with Crippen molar-refractivity contribution in [2.75, 3.05) is 17.6 Å². The van der Waals surface area contributed by atoms with Crippen molar-refractivity contribution >= 4 is 23.4 Å². The van der Waals surface area contributed by atoms with E-state index >= 15 is 0 Å². The van der Waals surface area contributed by atoms with Crippen LogP contribution in [0, 0.1) is 19.7 Å². The van der Waals surface area contributed by atoms with E-state index in [1.54, 1.807) is 17.8 Å². The second-order valence-electron chi connectivity index (χ2n) is 6.38. The van der Waals surface area contributed by atoms with Gasteiger partial charge in [0, 0.05) is 23.6 Å². The van der Waals surface area contributed by atoms with Gasteiger partial charge in [-0.3, -0.25) is 4.79 Å². The Kier molecular flexibility index (Phi) is 5.76. The van der Waals surface area contributed by atoms with Crippen LogP contribution in [-0.4, -0.2) is 18.2 Å². The predicted octanol–water partition coefficient (Wildman–Crippen LogP) is 4.21. The van der Waals surface area contributed by atoms with Gasteiger partial charge in [0.25, 0.3) is 0 Å². The van der Waals surface area contributed by atoms with Crippen LogP contribution in [-0.2, 0) is 17.8 Å². The van der Waals surface area contributed by atoms with Crippen molar-refractivity contribution in [2.45, 2.75) is 38.1 Å². The van der Waals surface area contributed by atoms with Crippen molar-refractivity contribution in [1.82, 2.24) is 5.32 Å². The van der Waals surface area contributed by atoms with E-state index in [2.05, 4.69) is 42.7 Å². The van der Waals surface area contributed by atoms with Gasteiger partial charge in [-0.1, -0.05) is 12.1 Å². The lowest BCUT2D eigenvalue weighted by Gasteiger charge is -2.19. The zero-order chi connectivity index (χ0) is 17.8. The minimum absolute atomic E-state index is 0.149. The first-order chi connectivity index (χ1) is 12.0. The first-order valence-corrected chi connectivity index (χ1v) is 9.54. The monoisotopic (exact) mass is 358 g/mol. The summed E-state index contributed by atoms with van der Waals surface area (Å²) in [5.41, 5.74) is 4.51. The molecule has 2 aromatic rings. The van der Waals surface area contributed by atoms with Crippen LogP contribution in [0.4, 0.5) is 10.1 Å². The van der Waals surface area contributed by atoms with Crippen molar-refractivity contribution in [2.24, 2.45) is 0 Å². The summed E-state index contributed by atoms with van der Waals surface area (Å²) < 4.78 is 14.5. The molecule has 1 amide bonds. The molecule has 0 aromatic heterocycles. The number of halogens is 1. The molecule has 1 aliphatic heterocycles. The molecule has 0 saturated heterocycles. The molecule has 3 nitrogen and oxygen atoms in total. The molecule has 25 heavy (non-hydrogen) atoms. The van der Waals surface area contributed by atoms with Crippen LogP contribution in [0.25, 0.3) is 0 Å². The average Bonchev–Trinajstić information content (AvgIpc) is 2.61. The standard InChI is InChI=1S/C20H23FN2OS/c1-13-3-5-16(11-14(13)2)25-10-8-19(24)23-18-6-4-15-12-22-9-7-17(15)20(18)21/h3-6,11,22H,7-10,12H2,1-2H3,(H,23,24). The van der Waals surface area contributed by atoms with E-state index in [4.69, 9.17) is 0 Å². The third-order valence-corrected chi connectivity index (χ3v) is 5.55. The van der Waals surface area contributed by atoms with Gasteiger partial charge in [-0.05, 0) is 67.3 Å². The number of fused-ring (bicyclic) bond motifs is 1. The van der Waals surface area contributed by atoms with Gasteiger partial charge in [-0.2, -0.15) is 0 Å². The molecule has 0 spiro atoms. The largest absolute Gasteiger partial charge is 0.324 e. The lowest BCUT2D eigenvalue weighted by atomic mass is 9.99. The van der Waals surface area contributed by atoms with Gasteiger partial charge in [0.05, 0.1) is 5.69 Å². The molecule has 1 heterocycles. The van der Waals surface area contributed by atoms with E-state index in [1.165, 1.54) is 11.1 Å². The van der Waals surface area contributed by atoms with E-state index in [0.717, 1.165) is 22.6 Å². The number of benzene rings is 2. The number of carbonyl (C=O) groups excluding carboxylic acids is 1. The molecule has 0 radical (unpaired) electrons. The first-order valence-electron chi connectivity index (χ1n) is 8.55. The summed E-state index contributed by atoms with van der Waals surface area (Å²) >= 11 is 1.65. The highest BCUT2D eigenvalue weighted by Gasteiger charge is 2.17. The Labute approximate surface area is 152 Å². The van der Waals surface area contributed by atoms with Gasteiger partial charge < -0.3 is 10.6 Å². The Morgan fingerprint density at radius 2 is 2.08 bits per heavy atom. The molecule has 0 saturated carbocycles. The highest BCUT2D eigenvalue weighted by Crippen LogP contribution is 2.25. The second kappa shape index (κ2) is 8.02. The summed E-state index contributed by atoms with van der Waals surface area (Å²) in [6.07, 6.45) is 1.02. The maximum atomic E-state index is 14.5. The molecule has 0 aliphatic carbocycles. The van der Waals surface area contributed by atoms with Crippen molar-refractivity contribution in [3.05, 3.63) is 58.4 Å². The Morgan fingerprint density at radius 3 is 2.88 bits per heavy atom. The van der Waals surface area contributed by atoms with Crippen LogP contribution < -0.4 is 10.6 Å². The summed E-state index contributed by atoms with van der Waals surface area (Å²) in [6.45, 7) is 5.63. The van der Waals surface area contributed by atoms with Crippen molar-refractivity contribution < 1.29 is 9.18 Å². The van der Waals surface area contributed by atoms with Gasteiger partial charge >= 0.3 is 0 Å². The highest BCUT2D eigenvalue weighted by atomic mass is 32.2. The minimum Gasteiger partial charge on any atom is -0.324 e. The van der Waals surface area contributed by atoms with E-state index < -0.39 is 0 Å². The Bertz CT molecular complexity index is 792. The summed E-state index contributed by atoms with van der Waals surface area (Å²) in [5, 5.41) is 5.94. The number of carbonyl (C=O) groups is 1. The zero-order valence-corrected chi connectivity index (χ0v) is 15.4. The molecular weight excluding hydrogens is 335 g/mol. The smallest absolute Gasteiger partial charge is 0.225 e. The maximum Gasteiger partial charge on any atom is 0.225 e. The topological polar surface area (TPSA) is 41.1 Å². The summed E-state index contributed by atoms with van der Waals surface area (Å²) in [6, 6.07) is 9.85. The SMILES string of the molecule is Cc1ccc(SCCC(=O)Nc2ccc3c(c2F)CCNC3)cc1C. The van der Waals surface area contributed by atoms with Crippen molar-refractivity contribution in [3.8, 4) is 0 Å². The summed E-state index contributed by atoms with van der Waals surface area (Å²) in [4.78, 5) is 13.3. The molecule has 2 N–H and O–H groups in total. The number of hydrogen-bond acceptors (Lipinski definition) is 3. The van der Waals surface area contributed by atoms with Crippen LogP contribution in [0.5, 0.6) is 0 Å². The average molecular weight is 358 g/mol. The summed E-state index contributed by atoms with van der Waals surface area (Å²) in [7, 11) is 0. The van der Waals surface area contributed by atoms with E-state index in [9.17, 15) is 9.18 Å². The van der Waals surface area contributed by atoms with Crippen molar-refractivity contribution in [3.63, 3.8) is 0 Å². The van der Waals surface area contributed by atoms with Gasteiger partial charge in [0.15, 0.2) is 0 Å². The van der Waals surface area contributed by atoms with E-state index in [-0.39, 0.29) is 11.7 Å². The van der Waals surface area contributed by atoms with Crippen molar-refractivity contribution in [1.29, 1.82) is 0 Å². The fourth-order valence-corrected chi connectivity index (χ4v) is 3.86. The molecule has 0 atom stereocenters. The number of nitrogens with one attached hydrogen (secondary N) is 2. The zero-order valence-electron chi connectivity index (χ0n) is 14.6. The molecule has 5 heteroatoms. The second-order valence-corrected chi connectivity index (χ2v) is 7.55. The summed E-state index contributed by atoms with van der Waals surface area (Å²) in [5.74, 6) is 0.239. The normalized spacial score (nSPS) is 13.4. The molecule has 3 rings (SSSR count). The lowest BCUT2D eigenvalue weighted by molar-refractivity contribution is -0.115. The van der Waals surface area contributed by atoms with Crippen LogP contribution in [0.1, 0.15) is 28.7 Å². The minimum atomic E-state index is -0.283. The molecule has 2 aromatic carbocycles. The predicted molar refractivity (Wildman–Crippen MR) is 102 cm³/mol. The van der Waals surface area contributed by atoms with Crippen LogP contribution in [0.3, 0.4) is 0 Å². The molecule has 0 bridgehead atoms. The lowest BCUT2D eigenvalue weighted by Crippen LogP contribution is -2.25. The van der Waals surface area contributed by atoms with Gasteiger partial charge in [-0.15, -0.1) is 11.8 Å². The third kappa shape index (κ3) is 4.41. The van der Waals surface area contributed by atoms with Crippen LogP contribution in [0.2, 0.25) is 0 Å². The van der Waals surface area contributed by atoms with E-state index in [1.807, 2.05) is 6.07 Å². The quantitative estimate of drug-likeness (QED) is 0.787. The number of rotatable bonds is 5. The number of hydrogen-bond donors (Lipinski definition) is 2. The molecule has 132 valence electrons. The van der Waals surface area contributed by atoms with Gasteiger partial charge in [-0.25, -0.2) is 4.39 Å². The van der Waals surface area contributed by atoms with E-state index in [0.29, 0.717) is 30.8 Å². The Balaban J connectivity index is 1.55. The molecular formula is C20H23FN2OS.